The number of aliphatic hydroxyl groups is 1. The van der Waals surface area contributed by atoms with E-state index in [4.69, 9.17) is 9.47 Å². The Bertz CT molecular complexity index is 1330. The highest BCUT2D eigenvalue weighted by molar-refractivity contribution is 9.09. The number of benzene rings is 1. The number of hydrogen-bond donors (Lipinski definition) is 2. The van der Waals surface area contributed by atoms with Crippen LogP contribution in [0.25, 0.3) is 0 Å². The molecule has 3 heterocycles. The Labute approximate surface area is 293 Å². The lowest BCUT2D eigenvalue weighted by atomic mass is 9.70. The minimum Gasteiger partial charge on any atom is -0.455 e. The number of amides is 3. The molecule has 3 amide bonds. The molecule has 1 spiro atoms. The van der Waals surface area contributed by atoms with E-state index in [1.54, 1.807) is 17.1 Å². The van der Waals surface area contributed by atoms with E-state index in [1.165, 1.54) is 4.90 Å². The third-order valence-corrected chi connectivity index (χ3v) is 11.3. The summed E-state index contributed by atoms with van der Waals surface area (Å²) < 4.78 is 12.9. The number of fused-ring (bicyclic) bond motifs is 1. The fourth-order valence-electron chi connectivity index (χ4n) is 7.79. The topological polar surface area (TPSA) is 125 Å². The maximum absolute atomic E-state index is 14.8. The molecular weight excluding hydrogens is 678 g/mol. The highest BCUT2D eigenvalue weighted by Crippen LogP contribution is 2.61. The highest BCUT2D eigenvalue weighted by atomic mass is 79.9. The van der Waals surface area contributed by atoms with Crippen molar-refractivity contribution in [1.29, 1.82) is 0 Å². The summed E-state index contributed by atoms with van der Waals surface area (Å²) in [6.07, 6.45) is 5.23. The Morgan fingerprint density at radius 2 is 1.92 bits per heavy atom. The van der Waals surface area contributed by atoms with E-state index in [-0.39, 0.29) is 60.6 Å². The molecule has 3 aliphatic heterocycles. The van der Waals surface area contributed by atoms with Gasteiger partial charge in [0.15, 0.2) is 0 Å². The van der Waals surface area contributed by atoms with Crippen molar-refractivity contribution in [2.75, 3.05) is 19.7 Å². The second-order valence-corrected chi connectivity index (χ2v) is 14.6. The first-order chi connectivity index (χ1) is 23.0. The summed E-state index contributed by atoms with van der Waals surface area (Å²) in [5.41, 5.74) is -0.608. The molecule has 2 bridgehead atoms. The van der Waals surface area contributed by atoms with Crippen molar-refractivity contribution in [2.45, 2.75) is 107 Å². The van der Waals surface area contributed by atoms with Crippen LogP contribution in [0.15, 0.2) is 55.6 Å². The van der Waals surface area contributed by atoms with Gasteiger partial charge in [0.1, 0.15) is 17.7 Å². The summed E-state index contributed by atoms with van der Waals surface area (Å²) in [6.45, 7) is 15.5. The van der Waals surface area contributed by atoms with Gasteiger partial charge in [0, 0.05) is 23.8 Å². The summed E-state index contributed by atoms with van der Waals surface area (Å²) in [5, 5.41) is 13.5. The predicted molar refractivity (Wildman–Crippen MR) is 187 cm³/mol. The Balaban J connectivity index is 1.74. The van der Waals surface area contributed by atoms with Crippen molar-refractivity contribution in [3.05, 3.63) is 61.2 Å². The maximum atomic E-state index is 14.8. The standard InChI is InChI=1S/C37H52BrN3O7/c1-7-11-18-29(43)39-21-28(25-16-13-12-14-17-25)47-36(46)30-31-34(44)41(27(22-42)23(5)10-4)33(37(31)20-26(38)32(30)48-37)35(45)40(19-9-3)24(6)15-8-2/h7,9,12-14,16-17,23-24,26-28,30-33,42H,1,3,8,10-11,15,18-22H2,2,4-6H3,(H,39,43)/t23-,24?,26?,27-,28-,30+,31-,32+,33+,37-/m0/s1. The fraction of sp³-hybridized carbons (Fsp3) is 0.622. The molecule has 0 saturated carbocycles. The number of carbonyl (C=O) groups is 4. The van der Waals surface area contributed by atoms with Crippen LogP contribution in [0.1, 0.15) is 77.9 Å². The molecule has 264 valence electrons. The molecule has 48 heavy (non-hydrogen) atoms. The van der Waals surface area contributed by atoms with Gasteiger partial charge < -0.3 is 29.7 Å². The monoisotopic (exact) mass is 729 g/mol. The summed E-state index contributed by atoms with van der Waals surface area (Å²) >= 11 is 3.74. The van der Waals surface area contributed by atoms with Crippen LogP contribution in [0, 0.1) is 17.8 Å². The van der Waals surface area contributed by atoms with Crippen LogP contribution in [0.5, 0.6) is 0 Å². The van der Waals surface area contributed by atoms with Gasteiger partial charge in [-0.3, -0.25) is 19.2 Å². The lowest BCUT2D eigenvalue weighted by Gasteiger charge is -2.42. The van der Waals surface area contributed by atoms with Crippen molar-refractivity contribution in [3.8, 4) is 0 Å². The first-order valence-electron chi connectivity index (χ1n) is 17.3. The van der Waals surface area contributed by atoms with Gasteiger partial charge in [-0.2, -0.15) is 0 Å². The van der Waals surface area contributed by atoms with E-state index in [1.807, 2.05) is 51.1 Å². The van der Waals surface area contributed by atoms with Crippen LogP contribution in [-0.2, 0) is 28.7 Å². The highest BCUT2D eigenvalue weighted by Gasteiger charge is 2.77. The summed E-state index contributed by atoms with van der Waals surface area (Å²) in [7, 11) is 0. The van der Waals surface area contributed by atoms with Crippen molar-refractivity contribution in [3.63, 3.8) is 0 Å². The quantitative estimate of drug-likeness (QED) is 0.127. The summed E-state index contributed by atoms with van der Waals surface area (Å²) in [4.78, 5) is 59.3. The number of nitrogens with zero attached hydrogens (tertiary/aromatic N) is 2. The third-order valence-electron chi connectivity index (χ3n) is 10.4. The number of ether oxygens (including phenoxy) is 2. The fourth-order valence-corrected chi connectivity index (χ4v) is 8.73. The van der Waals surface area contributed by atoms with Gasteiger partial charge in [-0.15, -0.1) is 13.2 Å². The molecule has 1 aromatic rings. The number of esters is 1. The summed E-state index contributed by atoms with van der Waals surface area (Å²) in [6, 6.07) is 7.32. The average molecular weight is 731 g/mol. The lowest BCUT2D eigenvalue weighted by molar-refractivity contribution is -0.161. The van der Waals surface area contributed by atoms with E-state index in [9.17, 15) is 24.3 Å². The zero-order chi connectivity index (χ0) is 35.2. The molecule has 3 saturated heterocycles. The SMILES string of the molecule is C=CCCC(=O)NC[C@H](OC(=O)[C@H]1[C@@H]2O[C@@]3(CC2Br)[C@@H]1C(=O)N([C@@H](CO)[C@@H](C)CC)[C@@H]3C(=O)N(CC=C)C(C)CCC)c1ccccc1. The second kappa shape index (κ2) is 16.6. The van der Waals surface area contributed by atoms with Crippen molar-refractivity contribution in [2.24, 2.45) is 17.8 Å². The Kier molecular flexibility index (Phi) is 13.1. The van der Waals surface area contributed by atoms with E-state index in [0.717, 1.165) is 12.8 Å². The Hall–Kier alpha value is -3.02. The van der Waals surface area contributed by atoms with Gasteiger partial charge in [-0.05, 0) is 37.7 Å². The molecule has 10 atom stereocenters. The first kappa shape index (κ1) is 37.8. The smallest absolute Gasteiger partial charge is 0.313 e. The Morgan fingerprint density at radius 1 is 1.21 bits per heavy atom. The van der Waals surface area contributed by atoms with Crippen LogP contribution < -0.4 is 5.32 Å². The van der Waals surface area contributed by atoms with E-state index in [0.29, 0.717) is 24.8 Å². The van der Waals surface area contributed by atoms with E-state index >= 15 is 0 Å². The van der Waals surface area contributed by atoms with Gasteiger partial charge in [-0.1, -0.05) is 92.0 Å². The maximum Gasteiger partial charge on any atom is 0.313 e. The molecule has 3 aliphatic rings. The third kappa shape index (κ3) is 7.28. The first-order valence-corrected chi connectivity index (χ1v) is 18.2. The number of allylic oxidation sites excluding steroid dienone is 1. The van der Waals surface area contributed by atoms with Crippen LogP contribution >= 0.6 is 15.9 Å². The largest absolute Gasteiger partial charge is 0.455 e. The van der Waals surface area contributed by atoms with Crippen molar-refractivity contribution in [1.82, 2.24) is 15.1 Å². The number of aliphatic hydroxyl groups excluding tert-OH is 1. The number of rotatable bonds is 18. The average Bonchev–Trinajstić information content (AvgIpc) is 3.68. The van der Waals surface area contributed by atoms with Gasteiger partial charge in [0.05, 0.1) is 37.1 Å². The Morgan fingerprint density at radius 3 is 2.52 bits per heavy atom. The van der Waals surface area contributed by atoms with Crippen LogP contribution in [0.2, 0.25) is 0 Å². The zero-order valence-electron chi connectivity index (χ0n) is 28.7. The number of likely N-dealkylation sites (tertiary alicyclic amines) is 1. The molecule has 0 aliphatic carbocycles. The van der Waals surface area contributed by atoms with Gasteiger partial charge in [0.2, 0.25) is 17.7 Å². The molecule has 0 radical (unpaired) electrons. The molecule has 2 unspecified atom stereocenters. The number of hydrogen-bond acceptors (Lipinski definition) is 7. The second-order valence-electron chi connectivity index (χ2n) is 13.4. The van der Waals surface area contributed by atoms with Crippen LogP contribution in [0.3, 0.4) is 0 Å². The minimum atomic E-state index is -1.30. The van der Waals surface area contributed by atoms with Crippen LogP contribution in [-0.4, -0.2) is 93.0 Å². The molecule has 1 aromatic carbocycles. The molecule has 2 N–H and O–H groups in total. The number of alkyl halides is 1. The molecule has 11 heteroatoms. The molecule has 3 fully saturated rings. The molecule has 4 rings (SSSR count). The molecule has 0 aromatic heterocycles. The summed E-state index contributed by atoms with van der Waals surface area (Å²) in [5.74, 6) is -3.59. The number of carbonyl (C=O) groups excluding carboxylic acids is 4. The van der Waals surface area contributed by atoms with E-state index in [2.05, 4.69) is 41.3 Å². The molecular formula is C37H52BrN3O7. The lowest BCUT2D eigenvalue weighted by Crippen LogP contribution is -2.61. The van der Waals surface area contributed by atoms with Gasteiger partial charge >= 0.3 is 5.97 Å². The number of halogens is 1. The van der Waals surface area contributed by atoms with Crippen molar-refractivity contribution >= 4 is 39.6 Å². The zero-order valence-corrected chi connectivity index (χ0v) is 30.3. The molecule has 10 nitrogen and oxygen atoms in total. The van der Waals surface area contributed by atoms with Crippen LogP contribution in [0.4, 0.5) is 0 Å². The van der Waals surface area contributed by atoms with Crippen molar-refractivity contribution < 1.29 is 33.8 Å². The normalized spacial score (nSPS) is 28.2. The minimum absolute atomic E-state index is 0.0468. The van der Waals surface area contributed by atoms with Gasteiger partial charge in [0.25, 0.3) is 0 Å². The number of nitrogens with one attached hydrogen (secondary N) is 1. The predicted octanol–water partition coefficient (Wildman–Crippen LogP) is 4.71. The van der Waals surface area contributed by atoms with E-state index < -0.39 is 47.7 Å². The van der Waals surface area contributed by atoms with Gasteiger partial charge in [-0.25, -0.2) is 0 Å².